The molecule has 0 fully saturated rings. The third-order valence-corrected chi connectivity index (χ3v) is 6.17. The smallest absolute Gasteiger partial charge is 0.250 e. The van der Waals surface area contributed by atoms with Crippen molar-refractivity contribution in [2.45, 2.75) is 9.79 Å². The highest BCUT2D eigenvalue weighted by Gasteiger charge is 2.22. The maximum Gasteiger partial charge on any atom is 0.250 e. The standard InChI is InChI=1S/C21H16ClNO3S/c22-19-7-3-1-5-16(19)12-9-15-10-13-17(14-11-15)27(25,26)20-8-4-2-6-18(20)21(23)24/h1-14H,(H2,23,24). The van der Waals surface area contributed by atoms with Crippen LogP contribution in [0.3, 0.4) is 0 Å². The molecule has 0 unspecified atom stereocenters. The fourth-order valence-electron chi connectivity index (χ4n) is 2.59. The molecule has 6 heteroatoms. The van der Waals surface area contributed by atoms with Crippen molar-refractivity contribution in [3.8, 4) is 0 Å². The first-order chi connectivity index (χ1) is 12.9. The second kappa shape index (κ2) is 7.78. The lowest BCUT2D eigenvalue weighted by Gasteiger charge is -2.08. The molecule has 0 aromatic heterocycles. The van der Waals surface area contributed by atoms with Gasteiger partial charge >= 0.3 is 0 Å². The number of primary amides is 1. The first-order valence-electron chi connectivity index (χ1n) is 8.06. The Labute approximate surface area is 162 Å². The summed E-state index contributed by atoms with van der Waals surface area (Å²) in [5.74, 6) is -0.784. The van der Waals surface area contributed by atoms with E-state index >= 15 is 0 Å². The van der Waals surface area contributed by atoms with Crippen molar-refractivity contribution in [1.82, 2.24) is 0 Å². The average Bonchev–Trinajstić information content (AvgIpc) is 2.67. The van der Waals surface area contributed by atoms with Gasteiger partial charge in [0, 0.05) is 5.02 Å². The zero-order valence-corrected chi connectivity index (χ0v) is 15.7. The molecule has 136 valence electrons. The summed E-state index contributed by atoms with van der Waals surface area (Å²) in [6.45, 7) is 0. The van der Waals surface area contributed by atoms with Crippen LogP contribution in [0.15, 0.2) is 82.6 Å². The highest BCUT2D eigenvalue weighted by Crippen LogP contribution is 2.25. The molecule has 0 radical (unpaired) electrons. The third-order valence-electron chi connectivity index (χ3n) is 3.99. The Morgan fingerprint density at radius 2 is 1.48 bits per heavy atom. The summed E-state index contributed by atoms with van der Waals surface area (Å²) in [4.78, 5) is 11.5. The maximum absolute atomic E-state index is 12.9. The Balaban J connectivity index is 1.91. The van der Waals surface area contributed by atoms with Gasteiger partial charge in [-0.3, -0.25) is 4.79 Å². The molecule has 0 atom stereocenters. The van der Waals surface area contributed by atoms with Crippen LogP contribution in [0.4, 0.5) is 0 Å². The van der Waals surface area contributed by atoms with E-state index in [0.717, 1.165) is 11.1 Å². The Morgan fingerprint density at radius 1 is 0.852 bits per heavy atom. The van der Waals surface area contributed by atoms with Gasteiger partial charge in [0.2, 0.25) is 15.7 Å². The second-order valence-corrected chi connectivity index (χ2v) is 8.11. The highest BCUT2D eigenvalue weighted by atomic mass is 35.5. The summed E-state index contributed by atoms with van der Waals surface area (Å²) in [6.07, 6.45) is 3.70. The highest BCUT2D eigenvalue weighted by molar-refractivity contribution is 7.91. The molecule has 0 spiro atoms. The number of rotatable bonds is 5. The van der Waals surface area contributed by atoms with Crippen LogP contribution in [-0.4, -0.2) is 14.3 Å². The molecule has 0 saturated heterocycles. The van der Waals surface area contributed by atoms with Crippen LogP contribution in [0.2, 0.25) is 5.02 Å². The minimum Gasteiger partial charge on any atom is -0.366 e. The van der Waals surface area contributed by atoms with Gasteiger partial charge < -0.3 is 5.73 Å². The molecule has 3 rings (SSSR count). The molecule has 4 nitrogen and oxygen atoms in total. The van der Waals surface area contributed by atoms with E-state index in [1.807, 2.05) is 30.4 Å². The van der Waals surface area contributed by atoms with E-state index < -0.39 is 15.7 Å². The lowest BCUT2D eigenvalue weighted by atomic mass is 10.1. The second-order valence-electron chi connectivity index (χ2n) is 5.79. The van der Waals surface area contributed by atoms with Crippen molar-refractivity contribution >= 4 is 39.5 Å². The summed E-state index contributed by atoms with van der Waals surface area (Å²) >= 11 is 6.12. The number of nitrogens with two attached hydrogens (primary N) is 1. The van der Waals surface area contributed by atoms with E-state index in [-0.39, 0.29) is 15.4 Å². The zero-order valence-electron chi connectivity index (χ0n) is 14.2. The summed E-state index contributed by atoms with van der Waals surface area (Å²) in [7, 11) is -3.85. The van der Waals surface area contributed by atoms with Crippen LogP contribution >= 0.6 is 11.6 Å². The van der Waals surface area contributed by atoms with Gasteiger partial charge in [0.1, 0.15) is 0 Å². The van der Waals surface area contributed by atoms with Gasteiger partial charge in [0.15, 0.2) is 0 Å². The largest absolute Gasteiger partial charge is 0.366 e. The van der Waals surface area contributed by atoms with E-state index in [0.29, 0.717) is 5.02 Å². The monoisotopic (exact) mass is 397 g/mol. The number of hydrogen-bond acceptors (Lipinski definition) is 3. The van der Waals surface area contributed by atoms with E-state index in [1.54, 1.807) is 30.3 Å². The normalized spacial score (nSPS) is 11.6. The van der Waals surface area contributed by atoms with E-state index in [2.05, 4.69) is 0 Å². The minimum absolute atomic E-state index is 0.0276. The molecule has 2 N–H and O–H groups in total. The zero-order chi connectivity index (χ0) is 19.4. The van der Waals surface area contributed by atoms with Gasteiger partial charge in [-0.1, -0.05) is 66.2 Å². The number of halogens is 1. The summed E-state index contributed by atoms with van der Waals surface area (Å²) in [5.41, 5.74) is 6.95. The van der Waals surface area contributed by atoms with Gasteiger partial charge in [0.25, 0.3) is 0 Å². The number of carbonyl (C=O) groups is 1. The minimum atomic E-state index is -3.85. The van der Waals surface area contributed by atoms with Crippen LogP contribution in [0.5, 0.6) is 0 Å². The van der Waals surface area contributed by atoms with Crippen molar-refractivity contribution in [2.24, 2.45) is 5.73 Å². The Bertz CT molecular complexity index is 1120. The van der Waals surface area contributed by atoms with Gasteiger partial charge in [-0.25, -0.2) is 8.42 Å². The van der Waals surface area contributed by atoms with Crippen LogP contribution in [0.1, 0.15) is 21.5 Å². The average molecular weight is 398 g/mol. The predicted octanol–water partition coefficient (Wildman–Crippen LogP) is 4.44. The fourth-order valence-corrected chi connectivity index (χ4v) is 4.25. The van der Waals surface area contributed by atoms with Gasteiger partial charge in [0.05, 0.1) is 15.4 Å². The molecule has 0 saturated carbocycles. The summed E-state index contributed by atoms with van der Waals surface area (Å²) < 4.78 is 25.7. The molecule has 3 aromatic carbocycles. The van der Waals surface area contributed by atoms with Crippen LogP contribution < -0.4 is 5.73 Å². The molecular weight excluding hydrogens is 382 g/mol. The Kier molecular flexibility index (Phi) is 5.44. The summed E-state index contributed by atoms with van der Waals surface area (Å²) in [6, 6.07) is 19.7. The van der Waals surface area contributed by atoms with E-state index in [1.165, 1.54) is 24.3 Å². The van der Waals surface area contributed by atoms with Crippen LogP contribution in [0.25, 0.3) is 12.2 Å². The lowest BCUT2D eigenvalue weighted by Crippen LogP contribution is -2.16. The molecule has 0 bridgehead atoms. The molecule has 0 aliphatic heterocycles. The van der Waals surface area contributed by atoms with Gasteiger partial charge in [-0.05, 0) is 41.5 Å². The molecule has 1 amide bonds. The predicted molar refractivity (Wildman–Crippen MR) is 107 cm³/mol. The van der Waals surface area contributed by atoms with Crippen molar-refractivity contribution in [1.29, 1.82) is 0 Å². The molecule has 0 heterocycles. The Hall–Kier alpha value is -2.89. The molecular formula is C21H16ClNO3S. The number of carbonyl (C=O) groups excluding carboxylic acids is 1. The molecule has 0 aliphatic carbocycles. The summed E-state index contributed by atoms with van der Waals surface area (Å²) in [5, 5.41) is 0.635. The number of hydrogen-bond donors (Lipinski definition) is 1. The van der Waals surface area contributed by atoms with Crippen molar-refractivity contribution in [3.05, 3.63) is 94.5 Å². The van der Waals surface area contributed by atoms with Crippen molar-refractivity contribution in [3.63, 3.8) is 0 Å². The Morgan fingerprint density at radius 3 is 2.15 bits per heavy atom. The first-order valence-corrected chi connectivity index (χ1v) is 9.92. The topological polar surface area (TPSA) is 77.2 Å². The maximum atomic E-state index is 12.9. The number of benzene rings is 3. The van der Waals surface area contributed by atoms with Crippen LogP contribution in [-0.2, 0) is 9.84 Å². The van der Waals surface area contributed by atoms with E-state index in [9.17, 15) is 13.2 Å². The molecule has 0 aliphatic rings. The van der Waals surface area contributed by atoms with Crippen molar-refractivity contribution < 1.29 is 13.2 Å². The number of amides is 1. The van der Waals surface area contributed by atoms with E-state index in [4.69, 9.17) is 17.3 Å². The lowest BCUT2D eigenvalue weighted by molar-refractivity contribution is 0.0997. The first kappa shape index (κ1) is 18.9. The molecule has 3 aromatic rings. The fraction of sp³-hybridized carbons (Fsp3) is 0. The third kappa shape index (κ3) is 4.10. The SMILES string of the molecule is NC(=O)c1ccccc1S(=O)(=O)c1ccc(C=Cc2ccccc2Cl)cc1. The molecule has 27 heavy (non-hydrogen) atoms. The van der Waals surface area contributed by atoms with Gasteiger partial charge in [-0.2, -0.15) is 0 Å². The van der Waals surface area contributed by atoms with Gasteiger partial charge in [-0.15, -0.1) is 0 Å². The quantitative estimate of drug-likeness (QED) is 0.646. The van der Waals surface area contributed by atoms with Crippen LogP contribution in [0, 0.1) is 0 Å². The number of sulfone groups is 1. The van der Waals surface area contributed by atoms with Crippen molar-refractivity contribution in [2.75, 3.05) is 0 Å².